The first-order valence-corrected chi connectivity index (χ1v) is 5.90. The number of nitrogens with zero attached hydrogens (tertiary/aromatic N) is 1. The SMILES string of the molecule is COC(=O)c1cc(Br)ccc1OCc1ccon1. The van der Waals surface area contributed by atoms with Crippen LogP contribution in [-0.2, 0) is 11.3 Å². The van der Waals surface area contributed by atoms with Crippen molar-refractivity contribution < 1.29 is 18.8 Å². The zero-order valence-electron chi connectivity index (χ0n) is 9.55. The molecule has 0 saturated heterocycles. The van der Waals surface area contributed by atoms with Crippen molar-refractivity contribution in [1.82, 2.24) is 5.16 Å². The van der Waals surface area contributed by atoms with Gasteiger partial charge in [0, 0.05) is 10.5 Å². The number of halogens is 1. The minimum Gasteiger partial charge on any atom is -0.486 e. The summed E-state index contributed by atoms with van der Waals surface area (Å²) in [5.41, 5.74) is 1.00. The predicted molar refractivity (Wildman–Crippen MR) is 66.3 cm³/mol. The Morgan fingerprint density at radius 1 is 1.44 bits per heavy atom. The average Bonchev–Trinajstić information content (AvgIpc) is 2.89. The first kappa shape index (κ1) is 12.6. The highest BCUT2D eigenvalue weighted by Crippen LogP contribution is 2.24. The second-order valence-electron chi connectivity index (χ2n) is 3.41. The largest absolute Gasteiger partial charge is 0.486 e. The summed E-state index contributed by atoms with van der Waals surface area (Å²) in [4.78, 5) is 11.6. The third kappa shape index (κ3) is 2.89. The lowest BCUT2D eigenvalue weighted by molar-refractivity contribution is 0.0595. The smallest absolute Gasteiger partial charge is 0.341 e. The van der Waals surface area contributed by atoms with E-state index in [0.717, 1.165) is 4.47 Å². The molecule has 0 saturated carbocycles. The van der Waals surface area contributed by atoms with Crippen LogP contribution in [0.25, 0.3) is 0 Å². The fraction of sp³-hybridized carbons (Fsp3) is 0.167. The van der Waals surface area contributed by atoms with Crippen LogP contribution in [0.15, 0.2) is 39.5 Å². The molecule has 94 valence electrons. The molecule has 0 N–H and O–H groups in total. The molecule has 0 unspecified atom stereocenters. The minimum atomic E-state index is -0.452. The molecule has 0 radical (unpaired) electrons. The lowest BCUT2D eigenvalue weighted by Gasteiger charge is -2.09. The van der Waals surface area contributed by atoms with Crippen LogP contribution in [0.3, 0.4) is 0 Å². The lowest BCUT2D eigenvalue weighted by Crippen LogP contribution is -2.06. The van der Waals surface area contributed by atoms with Crippen molar-refractivity contribution in [3.8, 4) is 5.75 Å². The number of hydrogen-bond donors (Lipinski definition) is 0. The quantitative estimate of drug-likeness (QED) is 0.812. The molecule has 18 heavy (non-hydrogen) atoms. The van der Waals surface area contributed by atoms with Crippen LogP contribution in [0.1, 0.15) is 16.1 Å². The van der Waals surface area contributed by atoms with Gasteiger partial charge in [-0.1, -0.05) is 21.1 Å². The second kappa shape index (κ2) is 5.68. The van der Waals surface area contributed by atoms with Crippen LogP contribution < -0.4 is 4.74 Å². The van der Waals surface area contributed by atoms with Gasteiger partial charge in [0.1, 0.15) is 29.9 Å². The van der Waals surface area contributed by atoms with E-state index < -0.39 is 5.97 Å². The Hall–Kier alpha value is -1.82. The van der Waals surface area contributed by atoms with E-state index in [9.17, 15) is 4.79 Å². The molecule has 5 nitrogen and oxygen atoms in total. The van der Waals surface area contributed by atoms with E-state index in [1.807, 2.05) is 0 Å². The number of carbonyl (C=O) groups is 1. The van der Waals surface area contributed by atoms with Crippen molar-refractivity contribution in [3.05, 3.63) is 46.3 Å². The van der Waals surface area contributed by atoms with Crippen LogP contribution in [0.5, 0.6) is 5.75 Å². The van der Waals surface area contributed by atoms with Crippen molar-refractivity contribution in [2.24, 2.45) is 0 Å². The molecule has 0 amide bonds. The summed E-state index contributed by atoms with van der Waals surface area (Å²) in [5.74, 6) is -0.0143. The molecule has 0 atom stereocenters. The van der Waals surface area contributed by atoms with E-state index in [1.54, 1.807) is 24.3 Å². The molecule has 0 aliphatic carbocycles. The first-order valence-electron chi connectivity index (χ1n) is 5.10. The summed E-state index contributed by atoms with van der Waals surface area (Å²) in [6, 6.07) is 6.81. The van der Waals surface area contributed by atoms with Gasteiger partial charge in [0.15, 0.2) is 0 Å². The topological polar surface area (TPSA) is 61.6 Å². The van der Waals surface area contributed by atoms with E-state index >= 15 is 0 Å². The van der Waals surface area contributed by atoms with Gasteiger partial charge in [-0.15, -0.1) is 0 Å². The molecular weight excluding hydrogens is 302 g/mol. The van der Waals surface area contributed by atoms with Crippen molar-refractivity contribution in [3.63, 3.8) is 0 Å². The Bertz CT molecular complexity index is 539. The summed E-state index contributed by atoms with van der Waals surface area (Å²) in [6.07, 6.45) is 1.46. The van der Waals surface area contributed by atoms with E-state index in [2.05, 4.69) is 21.1 Å². The zero-order chi connectivity index (χ0) is 13.0. The second-order valence-corrected chi connectivity index (χ2v) is 4.33. The van der Waals surface area contributed by atoms with Gasteiger partial charge in [0.2, 0.25) is 0 Å². The Labute approximate surface area is 112 Å². The van der Waals surface area contributed by atoms with Crippen LogP contribution in [0.2, 0.25) is 0 Å². The Morgan fingerprint density at radius 2 is 2.28 bits per heavy atom. The van der Waals surface area contributed by atoms with Gasteiger partial charge in [-0.05, 0) is 18.2 Å². The maximum Gasteiger partial charge on any atom is 0.341 e. The van der Waals surface area contributed by atoms with Crippen LogP contribution in [0.4, 0.5) is 0 Å². The highest BCUT2D eigenvalue weighted by molar-refractivity contribution is 9.10. The molecule has 2 aromatic rings. The average molecular weight is 312 g/mol. The van der Waals surface area contributed by atoms with Gasteiger partial charge in [-0.2, -0.15) is 0 Å². The van der Waals surface area contributed by atoms with E-state index in [1.165, 1.54) is 13.4 Å². The van der Waals surface area contributed by atoms with Crippen LogP contribution in [0, 0.1) is 0 Å². The number of carbonyl (C=O) groups excluding carboxylic acids is 1. The molecule has 6 heteroatoms. The molecule has 1 heterocycles. The Kier molecular flexibility index (Phi) is 3.99. The Morgan fingerprint density at radius 3 is 2.94 bits per heavy atom. The van der Waals surface area contributed by atoms with Gasteiger partial charge in [-0.25, -0.2) is 4.79 Å². The molecule has 2 rings (SSSR count). The molecule has 0 aliphatic rings. The molecular formula is C12H10BrNO4. The number of hydrogen-bond acceptors (Lipinski definition) is 5. The number of benzene rings is 1. The van der Waals surface area contributed by atoms with Crippen LogP contribution >= 0.6 is 15.9 Å². The van der Waals surface area contributed by atoms with Crippen molar-refractivity contribution >= 4 is 21.9 Å². The summed E-state index contributed by atoms with van der Waals surface area (Å²) < 4.78 is 15.7. The monoisotopic (exact) mass is 311 g/mol. The number of methoxy groups -OCH3 is 1. The van der Waals surface area contributed by atoms with Gasteiger partial charge < -0.3 is 14.0 Å². The molecule has 0 bridgehead atoms. The number of esters is 1. The van der Waals surface area contributed by atoms with Gasteiger partial charge >= 0.3 is 5.97 Å². The zero-order valence-corrected chi connectivity index (χ0v) is 11.1. The third-order valence-electron chi connectivity index (χ3n) is 2.21. The maximum absolute atomic E-state index is 11.6. The fourth-order valence-corrected chi connectivity index (χ4v) is 1.72. The molecule has 0 aliphatic heterocycles. The molecule has 1 aromatic heterocycles. The van der Waals surface area contributed by atoms with Gasteiger partial charge in [0.05, 0.1) is 7.11 Å². The standard InChI is InChI=1S/C12H10BrNO4/c1-16-12(15)10-6-8(13)2-3-11(10)17-7-9-4-5-18-14-9/h2-6H,7H2,1H3. The van der Waals surface area contributed by atoms with Gasteiger partial charge in [-0.3, -0.25) is 0 Å². The normalized spacial score (nSPS) is 10.1. The van der Waals surface area contributed by atoms with E-state index in [0.29, 0.717) is 17.0 Å². The van der Waals surface area contributed by atoms with Crippen molar-refractivity contribution in [1.29, 1.82) is 0 Å². The highest BCUT2D eigenvalue weighted by Gasteiger charge is 2.14. The number of ether oxygens (including phenoxy) is 2. The van der Waals surface area contributed by atoms with Crippen molar-refractivity contribution in [2.45, 2.75) is 6.61 Å². The number of aromatic nitrogens is 1. The number of rotatable bonds is 4. The molecule has 0 fully saturated rings. The summed E-state index contributed by atoms with van der Waals surface area (Å²) in [5, 5.41) is 3.72. The first-order chi connectivity index (χ1) is 8.70. The molecule has 1 aromatic carbocycles. The van der Waals surface area contributed by atoms with E-state index in [-0.39, 0.29) is 6.61 Å². The van der Waals surface area contributed by atoms with E-state index in [4.69, 9.17) is 14.0 Å². The Balaban J connectivity index is 2.18. The van der Waals surface area contributed by atoms with Crippen molar-refractivity contribution in [2.75, 3.05) is 7.11 Å². The highest BCUT2D eigenvalue weighted by atomic mass is 79.9. The minimum absolute atomic E-state index is 0.224. The van der Waals surface area contributed by atoms with Crippen LogP contribution in [-0.4, -0.2) is 18.2 Å². The summed E-state index contributed by atoms with van der Waals surface area (Å²) >= 11 is 3.29. The molecule has 0 spiro atoms. The fourth-order valence-electron chi connectivity index (χ4n) is 1.36. The predicted octanol–water partition coefficient (Wildman–Crippen LogP) is 2.80. The maximum atomic E-state index is 11.6. The summed E-state index contributed by atoms with van der Waals surface area (Å²) in [6.45, 7) is 0.224. The third-order valence-corrected chi connectivity index (χ3v) is 2.71. The summed E-state index contributed by atoms with van der Waals surface area (Å²) in [7, 11) is 1.32. The lowest BCUT2D eigenvalue weighted by atomic mass is 10.2. The van der Waals surface area contributed by atoms with Gasteiger partial charge in [0.25, 0.3) is 0 Å².